The Labute approximate surface area is 173 Å². The van der Waals surface area contributed by atoms with E-state index in [1.54, 1.807) is 36.4 Å². The van der Waals surface area contributed by atoms with E-state index in [1.165, 1.54) is 32.0 Å². The molecule has 1 N–H and O–H groups in total. The number of anilines is 1. The van der Waals surface area contributed by atoms with Crippen LogP contribution in [0.1, 0.15) is 30.1 Å². The van der Waals surface area contributed by atoms with Gasteiger partial charge in [-0.1, -0.05) is 0 Å². The van der Waals surface area contributed by atoms with Crippen LogP contribution in [-0.4, -0.2) is 35.5 Å². The number of nitrogens with zero attached hydrogens (tertiary/aromatic N) is 2. The molecular formula is C22H23N3O5. The highest BCUT2D eigenvalue weighted by Gasteiger charge is 2.11. The molecule has 0 saturated carbocycles. The Hall–Kier alpha value is -3.68. The molecule has 1 aromatic heterocycles. The fourth-order valence-corrected chi connectivity index (χ4v) is 3.07. The van der Waals surface area contributed by atoms with Crippen LogP contribution in [-0.2, 0) is 11.3 Å². The molecule has 0 bridgehead atoms. The van der Waals surface area contributed by atoms with Crippen molar-refractivity contribution in [2.75, 3.05) is 19.5 Å². The topological polar surface area (TPSA) is 99.5 Å². The number of methoxy groups -OCH3 is 2. The van der Waals surface area contributed by atoms with Gasteiger partial charge in [-0.2, -0.15) is 0 Å². The number of hydrogen-bond donors (Lipinski definition) is 1. The molecule has 30 heavy (non-hydrogen) atoms. The van der Waals surface area contributed by atoms with E-state index in [-0.39, 0.29) is 23.7 Å². The third-order valence-electron chi connectivity index (χ3n) is 4.71. The molecule has 3 aromatic rings. The number of nitrogens with one attached hydrogen (secondary N) is 1. The lowest BCUT2D eigenvalue weighted by molar-refractivity contribution is -0.116. The SMILES string of the molecule is COc1cc2ncn(CCCC(=O)Nc3ccc(C(C)=O)cc3)c(=O)c2cc1OC. The van der Waals surface area contributed by atoms with Crippen molar-refractivity contribution >= 4 is 28.3 Å². The summed E-state index contributed by atoms with van der Waals surface area (Å²) < 4.78 is 12.0. The number of benzene rings is 2. The van der Waals surface area contributed by atoms with E-state index in [9.17, 15) is 14.4 Å². The monoisotopic (exact) mass is 409 g/mol. The first-order valence-electron chi connectivity index (χ1n) is 9.45. The normalized spacial score (nSPS) is 10.6. The standard InChI is InChI=1S/C22H23N3O5/c1-14(26)15-6-8-16(9-7-15)24-21(27)5-4-10-25-13-23-18-12-20(30-3)19(29-2)11-17(18)22(25)28/h6-9,11-13H,4-5,10H2,1-3H3,(H,24,27). The highest BCUT2D eigenvalue weighted by Crippen LogP contribution is 2.29. The molecular weight excluding hydrogens is 386 g/mol. The van der Waals surface area contributed by atoms with Crippen molar-refractivity contribution < 1.29 is 19.1 Å². The van der Waals surface area contributed by atoms with Gasteiger partial charge in [-0.15, -0.1) is 0 Å². The Balaban J connectivity index is 1.64. The Morgan fingerprint density at radius 2 is 1.73 bits per heavy atom. The van der Waals surface area contributed by atoms with Gasteiger partial charge in [-0.05, 0) is 43.7 Å². The fraction of sp³-hybridized carbons (Fsp3) is 0.273. The van der Waals surface area contributed by atoms with E-state index in [0.29, 0.717) is 46.6 Å². The van der Waals surface area contributed by atoms with Crippen LogP contribution in [0.25, 0.3) is 10.9 Å². The highest BCUT2D eigenvalue weighted by atomic mass is 16.5. The number of fused-ring (bicyclic) bond motifs is 1. The number of carbonyl (C=O) groups excluding carboxylic acids is 2. The van der Waals surface area contributed by atoms with Crippen LogP contribution in [0.5, 0.6) is 11.5 Å². The number of ether oxygens (including phenoxy) is 2. The zero-order chi connectivity index (χ0) is 21.7. The minimum Gasteiger partial charge on any atom is -0.493 e. The van der Waals surface area contributed by atoms with E-state index in [0.717, 1.165) is 0 Å². The fourth-order valence-electron chi connectivity index (χ4n) is 3.07. The second-order valence-electron chi connectivity index (χ2n) is 6.75. The average molecular weight is 409 g/mol. The molecule has 0 aliphatic rings. The van der Waals surface area contributed by atoms with Crippen LogP contribution in [0.15, 0.2) is 47.5 Å². The van der Waals surface area contributed by atoms with Crippen molar-refractivity contribution in [1.82, 2.24) is 9.55 Å². The van der Waals surface area contributed by atoms with E-state index in [2.05, 4.69) is 10.3 Å². The molecule has 0 saturated heterocycles. The first kappa shape index (κ1) is 21.0. The molecule has 0 aliphatic heterocycles. The van der Waals surface area contributed by atoms with Gasteiger partial charge in [0, 0.05) is 30.3 Å². The zero-order valence-electron chi connectivity index (χ0n) is 17.1. The van der Waals surface area contributed by atoms with Crippen molar-refractivity contribution in [3.05, 3.63) is 58.6 Å². The molecule has 8 heteroatoms. The number of aromatic nitrogens is 2. The molecule has 0 atom stereocenters. The Bertz CT molecular complexity index is 1140. The van der Waals surface area contributed by atoms with Crippen LogP contribution < -0.4 is 20.3 Å². The van der Waals surface area contributed by atoms with E-state index >= 15 is 0 Å². The summed E-state index contributed by atoms with van der Waals surface area (Å²) >= 11 is 0. The van der Waals surface area contributed by atoms with E-state index in [4.69, 9.17) is 9.47 Å². The summed E-state index contributed by atoms with van der Waals surface area (Å²) in [7, 11) is 3.03. The maximum atomic E-state index is 12.7. The second kappa shape index (κ2) is 9.21. The summed E-state index contributed by atoms with van der Waals surface area (Å²) in [6, 6.07) is 9.98. The lowest BCUT2D eigenvalue weighted by atomic mass is 10.1. The van der Waals surface area contributed by atoms with E-state index < -0.39 is 0 Å². The van der Waals surface area contributed by atoms with Crippen molar-refractivity contribution in [2.24, 2.45) is 0 Å². The van der Waals surface area contributed by atoms with Gasteiger partial charge >= 0.3 is 0 Å². The maximum absolute atomic E-state index is 12.7. The van der Waals surface area contributed by atoms with Crippen molar-refractivity contribution in [1.29, 1.82) is 0 Å². The van der Waals surface area contributed by atoms with Crippen molar-refractivity contribution in [2.45, 2.75) is 26.3 Å². The van der Waals surface area contributed by atoms with Gasteiger partial charge in [0.1, 0.15) is 0 Å². The van der Waals surface area contributed by atoms with Gasteiger partial charge in [0.15, 0.2) is 17.3 Å². The van der Waals surface area contributed by atoms with Crippen LogP contribution in [0.2, 0.25) is 0 Å². The van der Waals surface area contributed by atoms with Crippen LogP contribution in [0, 0.1) is 0 Å². The highest BCUT2D eigenvalue weighted by molar-refractivity contribution is 5.95. The summed E-state index contributed by atoms with van der Waals surface area (Å²) in [4.78, 5) is 40.5. The van der Waals surface area contributed by atoms with Crippen LogP contribution >= 0.6 is 0 Å². The van der Waals surface area contributed by atoms with Gasteiger partial charge in [-0.3, -0.25) is 19.0 Å². The Morgan fingerprint density at radius 3 is 2.37 bits per heavy atom. The maximum Gasteiger partial charge on any atom is 0.261 e. The lowest BCUT2D eigenvalue weighted by Gasteiger charge is -2.10. The number of rotatable bonds is 8. The number of aryl methyl sites for hydroxylation is 1. The Morgan fingerprint density at radius 1 is 1.07 bits per heavy atom. The van der Waals surface area contributed by atoms with Crippen LogP contribution in [0.4, 0.5) is 5.69 Å². The summed E-state index contributed by atoms with van der Waals surface area (Å²) in [6.07, 6.45) is 2.18. The van der Waals surface area contributed by atoms with E-state index in [1.807, 2.05) is 0 Å². The first-order valence-corrected chi connectivity index (χ1v) is 9.45. The smallest absolute Gasteiger partial charge is 0.261 e. The molecule has 8 nitrogen and oxygen atoms in total. The second-order valence-corrected chi connectivity index (χ2v) is 6.75. The number of Topliss-reactive ketones (excluding diaryl/α,β-unsaturated/α-hetero) is 1. The van der Waals surface area contributed by atoms with Gasteiger partial charge in [0.25, 0.3) is 5.56 Å². The predicted octanol–water partition coefficient (Wildman–Crippen LogP) is 3.04. The molecule has 1 heterocycles. The third kappa shape index (κ3) is 4.65. The molecule has 1 amide bonds. The summed E-state index contributed by atoms with van der Waals surface area (Å²) in [5.41, 5.74) is 1.52. The van der Waals surface area contributed by atoms with Crippen molar-refractivity contribution in [3.63, 3.8) is 0 Å². The number of amides is 1. The predicted molar refractivity (Wildman–Crippen MR) is 113 cm³/mol. The minimum atomic E-state index is -0.207. The van der Waals surface area contributed by atoms with Crippen LogP contribution in [0.3, 0.4) is 0 Å². The Kier molecular flexibility index (Phi) is 6.46. The molecule has 2 aromatic carbocycles. The van der Waals surface area contributed by atoms with Gasteiger partial charge < -0.3 is 14.8 Å². The van der Waals surface area contributed by atoms with Gasteiger partial charge in [-0.25, -0.2) is 4.98 Å². The number of ketones is 1. The quantitative estimate of drug-likeness (QED) is 0.574. The summed E-state index contributed by atoms with van der Waals surface area (Å²) in [6.45, 7) is 1.84. The lowest BCUT2D eigenvalue weighted by Crippen LogP contribution is -2.22. The van der Waals surface area contributed by atoms with Crippen molar-refractivity contribution in [3.8, 4) is 11.5 Å². The number of hydrogen-bond acceptors (Lipinski definition) is 6. The molecule has 156 valence electrons. The van der Waals surface area contributed by atoms with Gasteiger partial charge in [0.05, 0.1) is 31.4 Å². The first-order chi connectivity index (χ1) is 14.4. The third-order valence-corrected chi connectivity index (χ3v) is 4.71. The van der Waals surface area contributed by atoms with Gasteiger partial charge in [0.2, 0.25) is 5.91 Å². The molecule has 0 aliphatic carbocycles. The molecule has 0 spiro atoms. The number of carbonyl (C=O) groups is 2. The summed E-state index contributed by atoms with van der Waals surface area (Å²) in [5, 5.41) is 3.20. The summed E-state index contributed by atoms with van der Waals surface area (Å²) in [5.74, 6) is 0.761. The zero-order valence-corrected chi connectivity index (χ0v) is 17.1. The molecule has 0 fully saturated rings. The largest absolute Gasteiger partial charge is 0.493 e. The molecule has 0 radical (unpaired) electrons. The minimum absolute atomic E-state index is 0.0293. The molecule has 0 unspecified atom stereocenters. The average Bonchev–Trinajstić information content (AvgIpc) is 2.75. The molecule has 3 rings (SSSR count).